The monoisotopic (exact) mass is 386 g/mol. The van der Waals surface area contributed by atoms with Crippen LogP contribution in [-0.2, 0) is 17.8 Å². The Bertz CT molecular complexity index is 1050. The first kappa shape index (κ1) is 17.8. The van der Waals surface area contributed by atoms with Crippen LogP contribution in [0.25, 0.3) is 15.9 Å². The number of ether oxygens (including phenoxy) is 1. The molecule has 4 nitrogen and oxygen atoms in total. The van der Waals surface area contributed by atoms with Crippen LogP contribution < -0.4 is 5.56 Å². The van der Waals surface area contributed by atoms with Gasteiger partial charge in [-0.25, -0.2) is 4.98 Å². The Balaban J connectivity index is 2.03. The fourth-order valence-corrected chi connectivity index (χ4v) is 5.19. The first-order chi connectivity index (χ1) is 12.5. The lowest BCUT2D eigenvalue weighted by atomic mass is 9.90. The molecule has 0 spiro atoms. The van der Waals surface area contributed by atoms with Crippen molar-refractivity contribution in [1.82, 2.24) is 9.55 Å². The second-order valence-corrected chi connectivity index (χ2v) is 8.84. The van der Waals surface area contributed by atoms with Crippen LogP contribution in [0.4, 0.5) is 0 Å². The molecule has 0 amide bonds. The molecule has 2 aromatic heterocycles. The largest absolute Gasteiger partial charge is 0.369 e. The van der Waals surface area contributed by atoms with Crippen molar-refractivity contribution in [3.05, 3.63) is 50.6 Å². The maximum absolute atomic E-state index is 13.6. The molecule has 0 unspecified atom stereocenters. The van der Waals surface area contributed by atoms with E-state index in [1.807, 2.05) is 37.4 Å². The molecular weight excluding hydrogens is 364 g/mol. The smallest absolute Gasteiger partial charge is 0.267 e. The first-order valence-corrected chi connectivity index (χ1v) is 10.8. The highest BCUT2D eigenvalue weighted by molar-refractivity contribution is 7.98. The average molecular weight is 387 g/mol. The maximum Gasteiger partial charge on any atom is 0.267 e. The molecule has 0 saturated carbocycles. The van der Waals surface area contributed by atoms with Gasteiger partial charge < -0.3 is 4.74 Å². The summed E-state index contributed by atoms with van der Waals surface area (Å²) in [6, 6.07) is 7.97. The third-order valence-electron chi connectivity index (χ3n) is 5.27. The molecule has 6 heteroatoms. The zero-order valence-corrected chi connectivity index (χ0v) is 17.1. The van der Waals surface area contributed by atoms with E-state index in [0.717, 1.165) is 49.9 Å². The van der Waals surface area contributed by atoms with E-state index < -0.39 is 0 Å². The summed E-state index contributed by atoms with van der Waals surface area (Å²) in [5.41, 5.74) is 2.93. The molecule has 1 aliphatic rings. The molecule has 136 valence electrons. The van der Waals surface area contributed by atoms with Crippen LogP contribution >= 0.6 is 23.1 Å². The number of hydrogen-bond acceptors (Lipinski definition) is 5. The number of aryl methyl sites for hydroxylation is 1. The van der Waals surface area contributed by atoms with E-state index in [9.17, 15) is 4.79 Å². The predicted molar refractivity (Wildman–Crippen MR) is 109 cm³/mol. The van der Waals surface area contributed by atoms with Crippen LogP contribution in [0.1, 0.15) is 36.3 Å². The number of fused-ring (bicyclic) bond motifs is 3. The molecule has 26 heavy (non-hydrogen) atoms. The second-order valence-electron chi connectivity index (χ2n) is 6.98. The van der Waals surface area contributed by atoms with Crippen LogP contribution in [0, 0.1) is 6.92 Å². The molecule has 3 heterocycles. The van der Waals surface area contributed by atoms with E-state index in [-0.39, 0.29) is 11.2 Å². The molecule has 0 fully saturated rings. The van der Waals surface area contributed by atoms with Gasteiger partial charge in [0.25, 0.3) is 5.56 Å². The summed E-state index contributed by atoms with van der Waals surface area (Å²) in [6.45, 7) is 6.86. The minimum Gasteiger partial charge on any atom is -0.369 e. The van der Waals surface area contributed by atoms with Crippen molar-refractivity contribution in [2.75, 3.05) is 6.26 Å². The zero-order valence-electron chi connectivity index (χ0n) is 15.5. The number of para-hydroxylation sites is 1. The number of hydrogen-bond donors (Lipinski definition) is 0. The number of nitrogens with zero attached hydrogens (tertiary/aromatic N) is 2. The molecule has 1 atom stereocenters. The van der Waals surface area contributed by atoms with Crippen LogP contribution in [0.3, 0.4) is 0 Å². The third kappa shape index (κ3) is 2.71. The number of thiophene rings is 1. The van der Waals surface area contributed by atoms with Crippen molar-refractivity contribution in [1.29, 1.82) is 0 Å². The van der Waals surface area contributed by atoms with E-state index in [4.69, 9.17) is 9.72 Å². The summed E-state index contributed by atoms with van der Waals surface area (Å²) in [6.07, 6.45) is 3.65. The Morgan fingerprint density at radius 3 is 2.85 bits per heavy atom. The molecule has 0 saturated heterocycles. The highest BCUT2D eigenvalue weighted by Crippen LogP contribution is 2.39. The van der Waals surface area contributed by atoms with Crippen molar-refractivity contribution < 1.29 is 4.74 Å². The molecular formula is C20H22N2O2S2. The molecule has 1 aromatic carbocycles. The lowest BCUT2D eigenvalue weighted by Crippen LogP contribution is -2.34. The van der Waals surface area contributed by atoms with Crippen molar-refractivity contribution in [3.8, 4) is 5.69 Å². The van der Waals surface area contributed by atoms with E-state index in [2.05, 4.69) is 13.8 Å². The van der Waals surface area contributed by atoms with Gasteiger partial charge in [0.1, 0.15) is 4.83 Å². The fraction of sp³-hybridized carbons (Fsp3) is 0.400. The van der Waals surface area contributed by atoms with Crippen molar-refractivity contribution in [2.45, 2.75) is 51.0 Å². The van der Waals surface area contributed by atoms with Gasteiger partial charge in [0.2, 0.25) is 0 Å². The van der Waals surface area contributed by atoms with E-state index in [1.54, 1.807) is 15.9 Å². The van der Waals surface area contributed by atoms with Crippen LogP contribution in [0.5, 0.6) is 0 Å². The minimum absolute atomic E-state index is 0.0338. The van der Waals surface area contributed by atoms with Crippen molar-refractivity contribution >= 4 is 33.3 Å². The van der Waals surface area contributed by atoms with Gasteiger partial charge in [-0.2, -0.15) is 0 Å². The summed E-state index contributed by atoms with van der Waals surface area (Å²) in [5.74, 6) is 0. The molecule has 4 rings (SSSR count). The Labute approximate surface area is 161 Å². The van der Waals surface area contributed by atoms with Gasteiger partial charge >= 0.3 is 0 Å². The lowest BCUT2D eigenvalue weighted by molar-refractivity contribution is -0.0543. The fourth-order valence-electron chi connectivity index (χ4n) is 3.49. The average Bonchev–Trinajstić information content (AvgIpc) is 3.00. The van der Waals surface area contributed by atoms with Crippen LogP contribution in [0.2, 0.25) is 0 Å². The van der Waals surface area contributed by atoms with E-state index in [0.29, 0.717) is 6.61 Å². The molecule has 0 aliphatic carbocycles. The summed E-state index contributed by atoms with van der Waals surface area (Å²) in [4.78, 5) is 20.4. The number of thioether (sulfide) groups is 1. The highest BCUT2D eigenvalue weighted by Gasteiger charge is 2.33. The Kier molecular flexibility index (Phi) is 4.45. The van der Waals surface area contributed by atoms with Crippen molar-refractivity contribution in [2.24, 2.45) is 0 Å². The van der Waals surface area contributed by atoms with Gasteiger partial charge in [-0.05, 0) is 43.7 Å². The SMILES string of the molecule is CC[C@@]1(C)Cc2c(sc3nc(SC)n(-c4ccccc4C)c(=O)c23)CO1. The standard InChI is InChI=1S/C20H22N2O2S2/c1-5-20(3)10-13-15(11-24-20)26-17-16(13)18(23)22(19(21-17)25-4)14-9-7-6-8-12(14)2/h6-9H,5,10-11H2,1-4H3/t20-/m0/s1. The molecule has 0 radical (unpaired) electrons. The van der Waals surface area contributed by atoms with Crippen molar-refractivity contribution in [3.63, 3.8) is 0 Å². The number of rotatable bonds is 3. The van der Waals surface area contributed by atoms with Gasteiger partial charge in [-0.15, -0.1) is 11.3 Å². The third-order valence-corrected chi connectivity index (χ3v) is 7.01. The first-order valence-electron chi connectivity index (χ1n) is 8.78. The molecule has 0 bridgehead atoms. The van der Waals surface area contributed by atoms with E-state index in [1.165, 1.54) is 11.8 Å². The molecule has 3 aromatic rings. The van der Waals surface area contributed by atoms with Gasteiger partial charge in [-0.1, -0.05) is 36.9 Å². The van der Waals surface area contributed by atoms with Gasteiger partial charge in [-0.3, -0.25) is 9.36 Å². The molecule has 0 N–H and O–H groups in total. The Hall–Kier alpha value is -1.63. The summed E-state index contributed by atoms with van der Waals surface area (Å²) in [5, 5.41) is 1.50. The van der Waals surface area contributed by atoms with Crippen LogP contribution in [0.15, 0.2) is 34.2 Å². The molecule has 1 aliphatic heterocycles. The topological polar surface area (TPSA) is 44.1 Å². The number of benzene rings is 1. The van der Waals surface area contributed by atoms with Gasteiger partial charge in [0.05, 0.1) is 23.3 Å². The Morgan fingerprint density at radius 1 is 1.38 bits per heavy atom. The second kappa shape index (κ2) is 6.51. The normalized spacial score (nSPS) is 19.7. The lowest BCUT2D eigenvalue weighted by Gasteiger charge is -2.32. The maximum atomic E-state index is 13.6. The zero-order chi connectivity index (χ0) is 18.5. The summed E-state index contributed by atoms with van der Waals surface area (Å²) >= 11 is 3.11. The summed E-state index contributed by atoms with van der Waals surface area (Å²) < 4.78 is 7.84. The van der Waals surface area contributed by atoms with E-state index >= 15 is 0 Å². The minimum atomic E-state index is -0.209. The number of aromatic nitrogens is 2. The van der Waals surface area contributed by atoms with Gasteiger partial charge in [0, 0.05) is 11.3 Å². The highest BCUT2D eigenvalue weighted by atomic mass is 32.2. The quantitative estimate of drug-likeness (QED) is 0.483. The Morgan fingerprint density at radius 2 is 2.15 bits per heavy atom. The van der Waals surface area contributed by atoms with Crippen LogP contribution in [-0.4, -0.2) is 21.4 Å². The van der Waals surface area contributed by atoms with Gasteiger partial charge in [0.15, 0.2) is 5.16 Å². The summed E-state index contributed by atoms with van der Waals surface area (Å²) in [7, 11) is 0. The predicted octanol–water partition coefficient (Wildman–Crippen LogP) is 4.72.